The van der Waals surface area contributed by atoms with Crippen LogP contribution in [0.1, 0.15) is 29.3 Å². The molecule has 2 aromatic carbocycles. The number of anilines is 1. The topological polar surface area (TPSA) is 72.9 Å². The highest BCUT2D eigenvalue weighted by Gasteiger charge is 2.23. The van der Waals surface area contributed by atoms with E-state index in [-0.39, 0.29) is 18.1 Å². The van der Waals surface area contributed by atoms with E-state index < -0.39 is 11.3 Å². The van der Waals surface area contributed by atoms with Gasteiger partial charge in [0, 0.05) is 26.1 Å². The second-order valence-corrected chi connectivity index (χ2v) is 7.24. The number of carbonyl (C=O) groups excluding carboxylic acids is 1. The molecule has 140 valence electrons. The van der Waals surface area contributed by atoms with E-state index in [1.807, 2.05) is 30.3 Å². The molecule has 0 aromatic heterocycles. The molecule has 0 aliphatic heterocycles. The predicted octanol–water partition coefficient (Wildman–Crippen LogP) is 3.70. The maximum atomic E-state index is 12.2. The van der Waals surface area contributed by atoms with Gasteiger partial charge < -0.3 is 9.29 Å². The number of ketones is 1. The summed E-state index contributed by atoms with van der Waals surface area (Å²) in [6, 6.07) is 12.8. The van der Waals surface area contributed by atoms with Gasteiger partial charge in [-0.1, -0.05) is 37.3 Å². The Kier molecular flexibility index (Phi) is 7.33. The number of hydrogen-bond donors (Lipinski definition) is 0. The van der Waals surface area contributed by atoms with Crippen molar-refractivity contribution in [3.05, 3.63) is 58.1 Å². The van der Waals surface area contributed by atoms with E-state index in [0.29, 0.717) is 22.2 Å². The first-order valence-electron chi connectivity index (χ1n) is 7.96. The molecule has 0 amide bonds. The summed E-state index contributed by atoms with van der Waals surface area (Å²) in [5.74, 6) is 0.259. The number of Topliss-reactive ketones (excluding diaryl/α,β-unsaturated/α-hetero) is 1. The smallest absolute Gasteiger partial charge is 0.163 e. The molecule has 0 bridgehead atoms. The lowest BCUT2D eigenvalue weighted by atomic mass is 10.1. The van der Waals surface area contributed by atoms with Gasteiger partial charge in [0.1, 0.15) is 18.0 Å². The van der Waals surface area contributed by atoms with Gasteiger partial charge in [0.05, 0.1) is 15.7 Å². The molecule has 1 atom stereocenters. The molecule has 0 fully saturated rings. The van der Waals surface area contributed by atoms with E-state index in [2.05, 4.69) is 15.9 Å². The molecule has 8 heteroatoms. The average Bonchev–Trinajstić information content (AvgIpc) is 2.61. The Bertz CT molecular complexity index is 799. The first-order chi connectivity index (χ1) is 12.4. The molecule has 0 saturated carbocycles. The van der Waals surface area contributed by atoms with Crippen molar-refractivity contribution in [3.8, 4) is 5.75 Å². The van der Waals surface area contributed by atoms with Crippen molar-refractivity contribution in [2.45, 2.75) is 20.0 Å². The van der Waals surface area contributed by atoms with Crippen LogP contribution in [-0.4, -0.2) is 33.6 Å². The zero-order valence-electron chi connectivity index (χ0n) is 14.8. The molecule has 1 unspecified atom stereocenters. The number of halogens is 1. The van der Waals surface area contributed by atoms with Crippen LogP contribution >= 0.6 is 15.9 Å². The Morgan fingerprint density at radius 3 is 2.38 bits per heavy atom. The zero-order chi connectivity index (χ0) is 19.3. The normalized spacial score (nSPS) is 12.1. The first-order valence-corrected chi connectivity index (χ1v) is 9.78. The van der Waals surface area contributed by atoms with E-state index in [1.165, 1.54) is 5.01 Å². The molecule has 0 N–H and O–H groups in total. The van der Waals surface area contributed by atoms with Crippen LogP contribution in [0.5, 0.6) is 5.75 Å². The summed E-state index contributed by atoms with van der Waals surface area (Å²) in [5.41, 5.74) is 1.62. The second kappa shape index (κ2) is 9.27. The Hall–Kier alpha value is -1.74. The van der Waals surface area contributed by atoms with Gasteiger partial charge in [-0.25, -0.2) is 9.42 Å². The fraction of sp³-hybridized carbons (Fsp3) is 0.278. The first kappa shape index (κ1) is 20.6. The summed E-state index contributed by atoms with van der Waals surface area (Å²) >= 11 is 0.806. The maximum absolute atomic E-state index is 12.2. The fourth-order valence-corrected chi connectivity index (χ4v) is 3.82. The zero-order valence-corrected chi connectivity index (χ0v) is 17.2. The SMILES string of the molecule is CCC(=O)c1ccc(OCc2ccccc2)c(N(N(C)C)S(=O)[O-])c1Br. The molecule has 0 spiro atoms. The molecule has 26 heavy (non-hydrogen) atoms. The van der Waals surface area contributed by atoms with Crippen molar-refractivity contribution in [2.24, 2.45) is 0 Å². The van der Waals surface area contributed by atoms with E-state index in [0.717, 1.165) is 9.98 Å². The Morgan fingerprint density at radius 1 is 1.19 bits per heavy atom. The van der Waals surface area contributed by atoms with Gasteiger partial charge >= 0.3 is 0 Å². The third-order valence-corrected chi connectivity index (χ3v) is 5.23. The van der Waals surface area contributed by atoms with Crippen LogP contribution in [0.25, 0.3) is 0 Å². The summed E-state index contributed by atoms with van der Waals surface area (Å²) in [4.78, 5) is 12.2. The highest BCUT2D eigenvalue weighted by molar-refractivity contribution is 9.10. The maximum Gasteiger partial charge on any atom is 0.163 e. The molecule has 2 aromatic rings. The number of hydrazine groups is 1. The van der Waals surface area contributed by atoms with Gasteiger partial charge in [0.2, 0.25) is 0 Å². The highest BCUT2D eigenvalue weighted by atomic mass is 79.9. The summed E-state index contributed by atoms with van der Waals surface area (Å²) in [6.07, 6.45) is 0.310. The third kappa shape index (κ3) is 4.70. The van der Waals surface area contributed by atoms with Crippen LogP contribution in [-0.2, 0) is 17.9 Å². The quantitative estimate of drug-likeness (QED) is 0.356. The van der Waals surface area contributed by atoms with Gasteiger partial charge in [-0.2, -0.15) is 0 Å². The number of hydrogen-bond acceptors (Lipinski definition) is 5. The molecular formula is C18H20BrN2O4S-. The van der Waals surface area contributed by atoms with Gasteiger partial charge in [0.15, 0.2) is 5.78 Å². The van der Waals surface area contributed by atoms with Crippen LogP contribution in [0.4, 0.5) is 5.69 Å². The molecular weight excluding hydrogens is 420 g/mol. The Balaban J connectivity index is 2.50. The predicted molar refractivity (Wildman–Crippen MR) is 105 cm³/mol. The highest BCUT2D eigenvalue weighted by Crippen LogP contribution is 2.40. The molecule has 0 saturated heterocycles. The fourth-order valence-electron chi connectivity index (χ4n) is 2.39. The van der Waals surface area contributed by atoms with E-state index in [1.54, 1.807) is 33.2 Å². The molecule has 0 aliphatic rings. The van der Waals surface area contributed by atoms with Crippen molar-refractivity contribution in [1.29, 1.82) is 0 Å². The molecule has 0 heterocycles. The minimum atomic E-state index is -2.59. The van der Waals surface area contributed by atoms with Gasteiger partial charge in [-0.3, -0.25) is 9.00 Å². The van der Waals surface area contributed by atoms with Crippen molar-refractivity contribution >= 4 is 38.7 Å². The summed E-state index contributed by atoms with van der Waals surface area (Å²) < 4.78 is 30.9. The summed E-state index contributed by atoms with van der Waals surface area (Å²) in [6.45, 7) is 2.03. The average molecular weight is 440 g/mol. The summed E-state index contributed by atoms with van der Waals surface area (Å²) in [7, 11) is 3.19. The number of nitrogens with zero attached hydrogens (tertiary/aromatic N) is 2. The molecule has 0 radical (unpaired) electrons. The lowest BCUT2D eigenvalue weighted by Gasteiger charge is -2.34. The molecule has 2 rings (SSSR count). The van der Waals surface area contributed by atoms with Crippen LogP contribution in [0.3, 0.4) is 0 Å². The van der Waals surface area contributed by atoms with E-state index in [9.17, 15) is 13.6 Å². The largest absolute Gasteiger partial charge is 0.754 e. The number of rotatable bonds is 8. The van der Waals surface area contributed by atoms with Gasteiger partial charge in [-0.05, 0) is 33.6 Å². The van der Waals surface area contributed by atoms with Crippen molar-refractivity contribution in [3.63, 3.8) is 0 Å². The van der Waals surface area contributed by atoms with Gasteiger partial charge in [-0.15, -0.1) is 0 Å². The monoisotopic (exact) mass is 439 g/mol. The number of ether oxygens (including phenoxy) is 1. The van der Waals surface area contributed by atoms with Crippen molar-refractivity contribution < 1.29 is 18.3 Å². The standard InChI is InChI=1S/C18H21BrN2O4S/c1-4-15(22)14-10-11-16(25-12-13-8-6-5-7-9-13)18(17(14)19)21(20(2)3)26(23)24/h5-11H,4,12H2,1-3H3,(H,23,24)/p-1. The van der Waals surface area contributed by atoms with E-state index in [4.69, 9.17) is 4.74 Å². The lowest BCUT2D eigenvalue weighted by Crippen LogP contribution is -2.39. The molecule has 6 nitrogen and oxygen atoms in total. The van der Waals surface area contributed by atoms with Crippen molar-refractivity contribution in [2.75, 3.05) is 18.5 Å². The number of carbonyl (C=O) groups is 1. The minimum absolute atomic E-state index is 0.0943. The second-order valence-electron chi connectivity index (χ2n) is 5.66. The Labute approximate surface area is 164 Å². The molecule has 0 aliphatic carbocycles. The van der Waals surface area contributed by atoms with E-state index >= 15 is 0 Å². The third-order valence-electron chi connectivity index (χ3n) is 3.63. The number of benzene rings is 2. The van der Waals surface area contributed by atoms with Gasteiger partial charge in [0.25, 0.3) is 0 Å². The van der Waals surface area contributed by atoms with Crippen molar-refractivity contribution in [1.82, 2.24) is 5.01 Å². The van der Waals surface area contributed by atoms with Crippen LogP contribution in [0, 0.1) is 0 Å². The van der Waals surface area contributed by atoms with Crippen LogP contribution in [0.2, 0.25) is 0 Å². The van der Waals surface area contributed by atoms with Crippen LogP contribution < -0.4 is 9.15 Å². The summed E-state index contributed by atoms with van der Waals surface area (Å²) in [5, 5.41) is 1.40. The Morgan fingerprint density at radius 2 is 1.85 bits per heavy atom. The lowest BCUT2D eigenvalue weighted by molar-refractivity contribution is 0.0987. The minimum Gasteiger partial charge on any atom is -0.754 e. The van der Waals surface area contributed by atoms with Crippen LogP contribution in [0.15, 0.2) is 46.9 Å².